The highest BCUT2D eigenvalue weighted by Gasteiger charge is 2.18. The van der Waals surface area contributed by atoms with Crippen molar-refractivity contribution in [2.75, 3.05) is 65.4 Å². The van der Waals surface area contributed by atoms with Gasteiger partial charge < -0.3 is 15.5 Å². The Balaban J connectivity index is 2.22. The van der Waals surface area contributed by atoms with Crippen molar-refractivity contribution in [1.29, 1.82) is 0 Å². The number of nitrogens with zero attached hydrogens (tertiary/aromatic N) is 3. The normalized spacial score (nSPS) is 20.3. The molecule has 1 atom stereocenters. The molecule has 112 valence electrons. The van der Waals surface area contributed by atoms with Gasteiger partial charge in [0.25, 0.3) is 0 Å². The molecule has 0 aromatic rings. The first-order valence-corrected chi connectivity index (χ1v) is 8.42. The molecule has 1 saturated heterocycles. The fraction of sp³-hybridized carbons (Fsp3) is 0.923. The maximum absolute atomic E-state index is 4.25. The summed E-state index contributed by atoms with van der Waals surface area (Å²) in [5.41, 5.74) is 0. The molecule has 0 aromatic heterocycles. The van der Waals surface area contributed by atoms with Gasteiger partial charge in [-0.2, -0.15) is 11.8 Å². The van der Waals surface area contributed by atoms with Crippen LogP contribution in [0.25, 0.3) is 0 Å². The number of thioether (sulfide) groups is 1. The predicted molar refractivity (Wildman–Crippen MR) is 86.3 cm³/mol. The molecule has 0 saturated carbocycles. The van der Waals surface area contributed by atoms with Crippen LogP contribution < -0.4 is 10.6 Å². The molecule has 0 aromatic carbocycles. The third kappa shape index (κ3) is 6.49. The second-order valence-electron chi connectivity index (χ2n) is 5.06. The second kappa shape index (κ2) is 9.44. The van der Waals surface area contributed by atoms with Crippen LogP contribution in [-0.4, -0.2) is 87.2 Å². The summed E-state index contributed by atoms with van der Waals surface area (Å²) in [6.07, 6.45) is 2.12. The average molecular weight is 287 g/mol. The highest BCUT2D eigenvalue weighted by Crippen LogP contribution is 2.03. The van der Waals surface area contributed by atoms with Gasteiger partial charge in [0.05, 0.1) is 0 Å². The van der Waals surface area contributed by atoms with Gasteiger partial charge in [-0.05, 0) is 20.2 Å². The highest BCUT2D eigenvalue weighted by molar-refractivity contribution is 7.98. The summed E-state index contributed by atoms with van der Waals surface area (Å²) >= 11 is 1.84. The largest absolute Gasteiger partial charge is 0.356 e. The van der Waals surface area contributed by atoms with Gasteiger partial charge in [-0.1, -0.05) is 0 Å². The van der Waals surface area contributed by atoms with E-state index >= 15 is 0 Å². The number of guanidine groups is 1. The summed E-state index contributed by atoms with van der Waals surface area (Å²) in [6, 6.07) is 0.549. The van der Waals surface area contributed by atoms with Crippen LogP contribution >= 0.6 is 11.8 Å². The van der Waals surface area contributed by atoms with E-state index in [0.717, 1.165) is 37.9 Å². The van der Waals surface area contributed by atoms with Crippen molar-refractivity contribution < 1.29 is 0 Å². The van der Waals surface area contributed by atoms with Crippen molar-refractivity contribution in [3.8, 4) is 0 Å². The van der Waals surface area contributed by atoms with Gasteiger partial charge in [0.2, 0.25) is 0 Å². The van der Waals surface area contributed by atoms with E-state index in [1.165, 1.54) is 13.1 Å². The third-order valence-electron chi connectivity index (χ3n) is 3.55. The summed E-state index contributed by atoms with van der Waals surface area (Å²) < 4.78 is 0. The molecule has 2 N–H and O–H groups in total. The Hall–Kier alpha value is -0.460. The molecule has 1 aliphatic heterocycles. The number of likely N-dealkylation sites (N-methyl/N-ethyl adjacent to an activating group) is 1. The molecule has 0 bridgehead atoms. The maximum atomic E-state index is 4.25. The van der Waals surface area contributed by atoms with Crippen molar-refractivity contribution >= 4 is 17.7 Å². The molecule has 19 heavy (non-hydrogen) atoms. The molecule has 0 aliphatic carbocycles. The molecule has 5 nitrogen and oxygen atoms in total. The lowest BCUT2D eigenvalue weighted by Crippen LogP contribution is -2.52. The Morgan fingerprint density at radius 2 is 1.95 bits per heavy atom. The van der Waals surface area contributed by atoms with E-state index in [9.17, 15) is 0 Å². The molecule has 1 heterocycles. The minimum Gasteiger partial charge on any atom is -0.356 e. The van der Waals surface area contributed by atoms with Gasteiger partial charge in [0.1, 0.15) is 0 Å². The minimum atomic E-state index is 0.549. The van der Waals surface area contributed by atoms with E-state index in [1.54, 1.807) is 0 Å². The van der Waals surface area contributed by atoms with Gasteiger partial charge in [-0.25, -0.2) is 0 Å². The number of hydrogen-bond donors (Lipinski definition) is 2. The summed E-state index contributed by atoms with van der Waals surface area (Å²) in [6.45, 7) is 8.87. The molecule has 1 fully saturated rings. The molecule has 0 spiro atoms. The summed E-state index contributed by atoms with van der Waals surface area (Å²) in [7, 11) is 4.02. The molecule has 1 unspecified atom stereocenters. The molecule has 0 amide bonds. The van der Waals surface area contributed by atoms with Gasteiger partial charge >= 0.3 is 0 Å². The van der Waals surface area contributed by atoms with Gasteiger partial charge in [0, 0.05) is 58.1 Å². The van der Waals surface area contributed by atoms with Crippen LogP contribution in [0.3, 0.4) is 0 Å². The Morgan fingerprint density at radius 1 is 1.26 bits per heavy atom. The number of nitrogens with one attached hydrogen (secondary N) is 2. The van der Waals surface area contributed by atoms with Gasteiger partial charge in [-0.15, -0.1) is 0 Å². The molecule has 6 heteroatoms. The zero-order chi connectivity index (χ0) is 14.1. The molecule has 1 rings (SSSR count). The quantitative estimate of drug-likeness (QED) is 0.414. The number of rotatable bonds is 6. The van der Waals surface area contributed by atoms with E-state index < -0.39 is 0 Å². The van der Waals surface area contributed by atoms with Crippen LogP contribution in [0.15, 0.2) is 4.99 Å². The van der Waals surface area contributed by atoms with E-state index in [0.29, 0.717) is 6.04 Å². The first-order valence-electron chi connectivity index (χ1n) is 7.03. The fourth-order valence-corrected chi connectivity index (χ4v) is 2.43. The SMILES string of the molecule is CN=C(NCCSC)NCC(C)N1CCN(C)CC1. The average Bonchev–Trinajstić information content (AvgIpc) is 2.43. The van der Waals surface area contributed by atoms with Crippen LogP contribution in [-0.2, 0) is 0 Å². The van der Waals surface area contributed by atoms with E-state index in [2.05, 4.69) is 45.7 Å². The van der Waals surface area contributed by atoms with E-state index in [1.807, 2.05) is 18.8 Å². The Morgan fingerprint density at radius 3 is 2.53 bits per heavy atom. The van der Waals surface area contributed by atoms with Crippen LogP contribution in [0.2, 0.25) is 0 Å². The minimum absolute atomic E-state index is 0.549. The van der Waals surface area contributed by atoms with Crippen molar-refractivity contribution in [2.45, 2.75) is 13.0 Å². The summed E-state index contributed by atoms with van der Waals surface area (Å²) in [5, 5.41) is 6.74. The standard InChI is InChI=1S/C13H29N5S/c1-12(18-8-6-17(3)7-9-18)11-16-13(14-2)15-5-10-19-4/h12H,5-11H2,1-4H3,(H2,14,15,16). The van der Waals surface area contributed by atoms with E-state index in [4.69, 9.17) is 0 Å². The Bertz CT molecular complexity index is 264. The van der Waals surface area contributed by atoms with Crippen LogP contribution in [0, 0.1) is 0 Å². The predicted octanol–water partition coefficient (Wildman–Crippen LogP) is 0.150. The first-order chi connectivity index (χ1) is 9.17. The van der Waals surface area contributed by atoms with Gasteiger partial charge in [0.15, 0.2) is 5.96 Å². The fourth-order valence-electron chi connectivity index (χ4n) is 2.13. The lowest BCUT2D eigenvalue weighted by atomic mass is 10.2. The Labute approximate surface area is 122 Å². The van der Waals surface area contributed by atoms with Crippen LogP contribution in [0.1, 0.15) is 6.92 Å². The second-order valence-corrected chi connectivity index (χ2v) is 6.05. The van der Waals surface area contributed by atoms with Crippen molar-refractivity contribution in [2.24, 2.45) is 4.99 Å². The lowest BCUT2D eigenvalue weighted by Gasteiger charge is -2.36. The third-order valence-corrected chi connectivity index (χ3v) is 4.16. The summed E-state index contributed by atoms with van der Waals surface area (Å²) in [4.78, 5) is 9.18. The first kappa shape index (κ1) is 16.6. The number of piperazine rings is 1. The zero-order valence-corrected chi connectivity index (χ0v) is 13.6. The molecule has 0 radical (unpaired) electrons. The van der Waals surface area contributed by atoms with Crippen molar-refractivity contribution in [3.63, 3.8) is 0 Å². The summed E-state index contributed by atoms with van der Waals surface area (Å²) in [5.74, 6) is 2.02. The smallest absolute Gasteiger partial charge is 0.191 e. The molecular weight excluding hydrogens is 258 g/mol. The van der Waals surface area contributed by atoms with E-state index in [-0.39, 0.29) is 0 Å². The number of aliphatic imine (C=N–C) groups is 1. The molecular formula is C13H29N5S. The van der Waals surface area contributed by atoms with Crippen molar-refractivity contribution in [1.82, 2.24) is 20.4 Å². The van der Waals surface area contributed by atoms with Crippen molar-refractivity contribution in [3.05, 3.63) is 0 Å². The molecule has 1 aliphatic rings. The lowest BCUT2D eigenvalue weighted by molar-refractivity contribution is 0.120. The topological polar surface area (TPSA) is 42.9 Å². The van der Waals surface area contributed by atoms with Crippen LogP contribution in [0.4, 0.5) is 0 Å². The maximum Gasteiger partial charge on any atom is 0.191 e. The number of hydrogen-bond acceptors (Lipinski definition) is 4. The van der Waals surface area contributed by atoms with Crippen LogP contribution in [0.5, 0.6) is 0 Å². The monoisotopic (exact) mass is 287 g/mol. The van der Waals surface area contributed by atoms with Gasteiger partial charge in [-0.3, -0.25) is 9.89 Å². The highest BCUT2D eigenvalue weighted by atomic mass is 32.2. The Kier molecular flexibility index (Phi) is 8.25. The zero-order valence-electron chi connectivity index (χ0n) is 12.8.